The van der Waals surface area contributed by atoms with Gasteiger partial charge in [-0.25, -0.2) is 0 Å². The molecule has 2 atom stereocenters. The topological polar surface area (TPSA) is 35.5 Å². The van der Waals surface area contributed by atoms with Crippen LogP contribution in [0.3, 0.4) is 0 Å². The molecule has 2 N–H and O–H groups in total. The number of nitrogens with zero attached hydrogens (tertiary/aromatic N) is 1. The maximum Gasteiger partial charge on any atom is 0.107 e. The van der Waals surface area contributed by atoms with Gasteiger partial charge < -0.3 is 10.4 Å². The number of aliphatic hydroxyl groups is 1. The molecule has 0 radical (unpaired) electrons. The van der Waals surface area contributed by atoms with Crippen molar-refractivity contribution in [2.75, 3.05) is 19.6 Å². The van der Waals surface area contributed by atoms with Crippen LogP contribution in [0.15, 0.2) is 24.3 Å². The van der Waals surface area contributed by atoms with Crippen LogP contribution in [0.2, 0.25) is 5.02 Å². The Hall–Kier alpha value is -1.05. The monoisotopic (exact) mass is 320 g/mol. The van der Waals surface area contributed by atoms with Crippen LogP contribution >= 0.6 is 11.6 Å². The predicted molar refractivity (Wildman–Crippen MR) is 91.8 cm³/mol. The molecule has 1 heterocycles. The molecule has 0 spiro atoms. The summed E-state index contributed by atoms with van der Waals surface area (Å²) in [5, 5.41) is 14.2. The zero-order valence-electron chi connectivity index (χ0n) is 13.2. The Morgan fingerprint density at radius 2 is 2.27 bits per heavy atom. The van der Waals surface area contributed by atoms with Crippen molar-refractivity contribution >= 4 is 11.6 Å². The van der Waals surface area contributed by atoms with Crippen LogP contribution in [0, 0.1) is 11.8 Å². The average molecular weight is 321 g/mol. The lowest BCUT2D eigenvalue weighted by molar-refractivity contribution is 0.00189. The van der Waals surface area contributed by atoms with Crippen molar-refractivity contribution in [3.63, 3.8) is 0 Å². The third-order valence-electron chi connectivity index (χ3n) is 3.98. The van der Waals surface area contributed by atoms with Gasteiger partial charge in [-0.15, -0.1) is 0 Å². The van der Waals surface area contributed by atoms with Crippen LogP contribution in [-0.2, 0) is 0 Å². The second-order valence-corrected chi connectivity index (χ2v) is 6.14. The first-order chi connectivity index (χ1) is 10.7. The van der Waals surface area contributed by atoms with E-state index in [0.29, 0.717) is 0 Å². The Morgan fingerprint density at radius 1 is 1.41 bits per heavy atom. The molecule has 0 aliphatic carbocycles. The lowest BCUT2D eigenvalue weighted by Gasteiger charge is -2.26. The van der Waals surface area contributed by atoms with Crippen LogP contribution < -0.4 is 5.32 Å². The fourth-order valence-electron chi connectivity index (χ4n) is 2.68. The minimum Gasteiger partial charge on any atom is -0.378 e. The van der Waals surface area contributed by atoms with Crippen molar-refractivity contribution < 1.29 is 5.11 Å². The van der Waals surface area contributed by atoms with Gasteiger partial charge in [0.1, 0.15) is 6.23 Å². The number of rotatable bonds is 2. The predicted octanol–water partition coefficient (Wildman–Crippen LogP) is 2.86. The molecule has 4 heteroatoms. The molecule has 1 aromatic rings. The zero-order chi connectivity index (χ0) is 15.8. The molecule has 0 bridgehead atoms. The summed E-state index contributed by atoms with van der Waals surface area (Å²) in [5.41, 5.74) is 0.956. The summed E-state index contributed by atoms with van der Waals surface area (Å²) >= 11 is 5.98. The molecule has 3 nitrogen and oxygen atoms in total. The first kappa shape index (κ1) is 17.3. The summed E-state index contributed by atoms with van der Waals surface area (Å²) in [6.07, 6.45) is 3.72. The van der Waals surface area contributed by atoms with Crippen LogP contribution in [0.1, 0.15) is 38.2 Å². The molecule has 1 saturated heterocycles. The summed E-state index contributed by atoms with van der Waals surface area (Å²) in [6.45, 7) is 4.70. The van der Waals surface area contributed by atoms with E-state index in [4.69, 9.17) is 11.6 Å². The highest BCUT2D eigenvalue weighted by molar-refractivity contribution is 6.30. The van der Waals surface area contributed by atoms with Crippen molar-refractivity contribution in [3.05, 3.63) is 34.9 Å². The number of benzene rings is 1. The highest BCUT2D eigenvalue weighted by Crippen LogP contribution is 2.11. The van der Waals surface area contributed by atoms with E-state index >= 15 is 0 Å². The molecule has 1 aliphatic heterocycles. The zero-order valence-corrected chi connectivity index (χ0v) is 13.9. The van der Waals surface area contributed by atoms with Crippen LogP contribution in [0.4, 0.5) is 0 Å². The van der Waals surface area contributed by atoms with E-state index in [1.807, 2.05) is 31.2 Å². The Morgan fingerprint density at radius 3 is 3.05 bits per heavy atom. The summed E-state index contributed by atoms with van der Waals surface area (Å²) < 4.78 is 0. The molecule has 2 rings (SSSR count). The Balaban J connectivity index is 1.93. The second-order valence-electron chi connectivity index (χ2n) is 5.71. The van der Waals surface area contributed by atoms with Gasteiger partial charge in [0.05, 0.1) is 6.04 Å². The lowest BCUT2D eigenvalue weighted by Crippen LogP contribution is -2.41. The van der Waals surface area contributed by atoms with E-state index in [0.717, 1.165) is 55.9 Å². The highest BCUT2D eigenvalue weighted by Gasteiger charge is 2.16. The standard InChI is InChI=1S/C18H25ClN2O/c1-2-18(22)21-12-4-3-8-17(20-11-13-21)10-9-15-6-5-7-16(19)14-15/h5-7,14,17-18,20,22H,2-4,8,11-13H2,1H3/t17-,18?/m0/s1. The molecule has 0 aromatic heterocycles. The first-order valence-electron chi connectivity index (χ1n) is 8.11. The van der Waals surface area contributed by atoms with Crippen LogP contribution in [-0.4, -0.2) is 41.9 Å². The van der Waals surface area contributed by atoms with E-state index in [1.165, 1.54) is 0 Å². The molecular formula is C18H25ClN2O. The Kier molecular flexibility index (Phi) is 7.21. The van der Waals surface area contributed by atoms with E-state index in [2.05, 4.69) is 22.1 Å². The quantitative estimate of drug-likeness (QED) is 0.823. The third-order valence-corrected chi connectivity index (χ3v) is 4.21. The van der Waals surface area contributed by atoms with E-state index in [9.17, 15) is 5.11 Å². The van der Waals surface area contributed by atoms with Crippen molar-refractivity contribution in [2.45, 2.75) is 44.9 Å². The summed E-state index contributed by atoms with van der Waals surface area (Å²) in [4.78, 5) is 2.15. The van der Waals surface area contributed by atoms with Gasteiger partial charge in [0.2, 0.25) is 0 Å². The lowest BCUT2D eigenvalue weighted by atomic mass is 10.1. The SMILES string of the molecule is CCC(O)N1CCCC[C@@H](C#Cc2cccc(Cl)c2)NCC1. The molecule has 0 amide bonds. The van der Waals surface area contributed by atoms with Gasteiger partial charge in [-0.1, -0.05) is 36.4 Å². The number of halogens is 1. The van der Waals surface area contributed by atoms with Crippen molar-refractivity contribution in [1.29, 1.82) is 0 Å². The number of aliphatic hydroxyl groups excluding tert-OH is 1. The third kappa shape index (κ3) is 5.62. The summed E-state index contributed by atoms with van der Waals surface area (Å²) in [5.74, 6) is 6.53. The maximum absolute atomic E-state index is 9.99. The second kappa shape index (κ2) is 9.17. The van der Waals surface area contributed by atoms with E-state index < -0.39 is 0 Å². The summed E-state index contributed by atoms with van der Waals surface area (Å²) in [7, 11) is 0. The number of hydrogen-bond donors (Lipinski definition) is 2. The number of hydrogen-bond acceptors (Lipinski definition) is 3. The van der Waals surface area contributed by atoms with Gasteiger partial charge in [0.25, 0.3) is 0 Å². The van der Waals surface area contributed by atoms with Gasteiger partial charge in [-0.2, -0.15) is 0 Å². The fraction of sp³-hybridized carbons (Fsp3) is 0.556. The average Bonchev–Trinajstić information content (AvgIpc) is 2.64. The molecular weight excluding hydrogens is 296 g/mol. The largest absolute Gasteiger partial charge is 0.378 e. The summed E-state index contributed by atoms with van der Waals surface area (Å²) in [6, 6.07) is 7.86. The Bertz CT molecular complexity index is 523. The first-order valence-corrected chi connectivity index (χ1v) is 8.49. The smallest absolute Gasteiger partial charge is 0.107 e. The number of nitrogens with one attached hydrogen (secondary N) is 1. The molecule has 120 valence electrons. The Labute approximate surface area is 138 Å². The van der Waals surface area contributed by atoms with Crippen molar-refractivity contribution in [1.82, 2.24) is 10.2 Å². The van der Waals surface area contributed by atoms with Gasteiger partial charge in [0, 0.05) is 30.2 Å². The van der Waals surface area contributed by atoms with Gasteiger partial charge >= 0.3 is 0 Å². The highest BCUT2D eigenvalue weighted by atomic mass is 35.5. The minimum absolute atomic E-state index is 0.206. The van der Waals surface area contributed by atoms with Crippen LogP contribution in [0.25, 0.3) is 0 Å². The molecule has 0 saturated carbocycles. The van der Waals surface area contributed by atoms with Crippen molar-refractivity contribution in [3.8, 4) is 11.8 Å². The molecule has 1 aromatic carbocycles. The van der Waals surface area contributed by atoms with E-state index in [-0.39, 0.29) is 12.3 Å². The van der Waals surface area contributed by atoms with E-state index in [1.54, 1.807) is 0 Å². The normalized spacial score (nSPS) is 21.9. The molecule has 22 heavy (non-hydrogen) atoms. The van der Waals surface area contributed by atoms with Gasteiger partial charge in [0.15, 0.2) is 0 Å². The van der Waals surface area contributed by atoms with Gasteiger partial charge in [-0.3, -0.25) is 4.90 Å². The molecule has 1 aliphatic rings. The fourth-order valence-corrected chi connectivity index (χ4v) is 2.87. The molecule has 1 unspecified atom stereocenters. The van der Waals surface area contributed by atoms with Crippen molar-refractivity contribution in [2.24, 2.45) is 0 Å². The van der Waals surface area contributed by atoms with Gasteiger partial charge in [-0.05, 0) is 43.9 Å². The van der Waals surface area contributed by atoms with Crippen LogP contribution in [0.5, 0.6) is 0 Å². The maximum atomic E-state index is 9.99. The molecule has 1 fully saturated rings. The minimum atomic E-state index is -0.323.